The second kappa shape index (κ2) is 4.69. The summed E-state index contributed by atoms with van der Waals surface area (Å²) >= 11 is 2.21. The molecule has 0 aliphatic heterocycles. The van der Waals surface area contributed by atoms with Gasteiger partial charge < -0.3 is 10.4 Å². The van der Waals surface area contributed by atoms with Crippen molar-refractivity contribution in [1.29, 1.82) is 0 Å². The van der Waals surface area contributed by atoms with E-state index in [2.05, 4.69) is 27.9 Å². The molecule has 4 aliphatic carbocycles. The molecule has 3 nitrogen and oxygen atoms in total. The highest BCUT2D eigenvalue weighted by atomic mass is 127. The highest BCUT2D eigenvalue weighted by Gasteiger charge is 2.57. The van der Waals surface area contributed by atoms with Gasteiger partial charge in [-0.2, -0.15) is 0 Å². The SMILES string of the molecule is O=C(NC12CC3CC(CC(O)(C3)C1)C2)c1ccccc1I. The van der Waals surface area contributed by atoms with Gasteiger partial charge in [-0.25, -0.2) is 0 Å². The fourth-order valence-electron chi connectivity index (χ4n) is 5.31. The van der Waals surface area contributed by atoms with Gasteiger partial charge in [0.2, 0.25) is 0 Å². The molecular weight excluding hydrogens is 377 g/mol. The van der Waals surface area contributed by atoms with Gasteiger partial charge in [0.15, 0.2) is 0 Å². The zero-order valence-corrected chi connectivity index (χ0v) is 14.1. The molecule has 0 aromatic heterocycles. The molecule has 1 aromatic carbocycles. The van der Waals surface area contributed by atoms with Crippen LogP contribution in [0.1, 0.15) is 48.9 Å². The molecule has 4 fully saturated rings. The van der Waals surface area contributed by atoms with E-state index in [1.54, 1.807) is 0 Å². The maximum atomic E-state index is 12.7. The number of nitrogens with one attached hydrogen (secondary N) is 1. The average molecular weight is 397 g/mol. The first-order valence-corrected chi connectivity index (χ1v) is 8.84. The van der Waals surface area contributed by atoms with Crippen LogP contribution in [0.2, 0.25) is 0 Å². The van der Waals surface area contributed by atoms with Crippen molar-refractivity contribution in [2.45, 2.75) is 49.7 Å². The Morgan fingerprint density at radius 2 is 1.86 bits per heavy atom. The first-order valence-electron chi connectivity index (χ1n) is 7.76. The molecule has 0 saturated heterocycles. The van der Waals surface area contributed by atoms with Crippen LogP contribution in [0.15, 0.2) is 24.3 Å². The van der Waals surface area contributed by atoms with Gasteiger partial charge in [0.25, 0.3) is 5.91 Å². The predicted octanol–water partition coefficient (Wildman–Crippen LogP) is 3.10. The molecule has 0 spiro atoms. The van der Waals surface area contributed by atoms with E-state index in [1.807, 2.05) is 24.3 Å². The van der Waals surface area contributed by atoms with E-state index in [9.17, 15) is 9.90 Å². The van der Waals surface area contributed by atoms with E-state index in [1.165, 1.54) is 6.42 Å². The van der Waals surface area contributed by atoms with Crippen LogP contribution >= 0.6 is 22.6 Å². The summed E-state index contributed by atoms with van der Waals surface area (Å²) in [5, 5.41) is 14.1. The Labute approximate surface area is 138 Å². The molecule has 112 valence electrons. The van der Waals surface area contributed by atoms with Crippen LogP contribution in [-0.4, -0.2) is 22.2 Å². The van der Waals surface area contributed by atoms with Gasteiger partial charge in [-0.3, -0.25) is 4.79 Å². The normalized spacial score (nSPS) is 40.3. The standard InChI is InChI=1S/C17H20INO2/c18-14-4-2-1-3-13(14)15(20)19-16-6-11-5-12(7-16)9-17(21,8-11)10-16/h1-4,11-12,21H,5-10H2,(H,19,20). The number of carbonyl (C=O) groups is 1. The van der Waals surface area contributed by atoms with E-state index >= 15 is 0 Å². The number of halogens is 1. The Morgan fingerprint density at radius 1 is 1.19 bits per heavy atom. The number of rotatable bonds is 2. The number of hydrogen-bond acceptors (Lipinski definition) is 2. The summed E-state index contributed by atoms with van der Waals surface area (Å²) in [5.74, 6) is 1.20. The van der Waals surface area contributed by atoms with E-state index < -0.39 is 5.60 Å². The van der Waals surface area contributed by atoms with Crippen molar-refractivity contribution < 1.29 is 9.90 Å². The molecule has 2 atom stereocenters. The van der Waals surface area contributed by atoms with Gasteiger partial charge in [0, 0.05) is 9.11 Å². The molecule has 2 N–H and O–H groups in total. The topological polar surface area (TPSA) is 49.3 Å². The fraction of sp³-hybridized carbons (Fsp3) is 0.588. The van der Waals surface area contributed by atoms with Crippen LogP contribution in [0, 0.1) is 15.4 Å². The predicted molar refractivity (Wildman–Crippen MR) is 89.0 cm³/mol. The molecule has 21 heavy (non-hydrogen) atoms. The third-order valence-electron chi connectivity index (χ3n) is 5.53. The van der Waals surface area contributed by atoms with Crippen LogP contribution in [0.4, 0.5) is 0 Å². The fourth-order valence-corrected chi connectivity index (χ4v) is 5.95. The minimum absolute atomic E-state index is 0.0190. The van der Waals surface area contributed by atoms with Crippen LogP contribution in [0.25, 0.3) is 0 Å². The molecule has 4 heteroatoms. The van der Waals surface area contributed by atoms with Gasteiger partial charge in [0.1, 0.15) is 0 Å². The van der Waals surface area contributed by atoms with E-state index in [0.29, 0.717) is 11.8 Å². The number of hydrogen-bond donors (Lipinski definition) is 2. The summed E-state index contributed by atoms with van der Waals surface area (Å²) in [6.07, 6.45) is 5.93. The molecule has 4 aliphatic rings. The minimum atomic E-state index is -0.527. The molecular formula is C17H20INO2. The summed E-state index contributed by atoms with van der Waals surface area (Å²) < 4.78 is 0.982. The lowest BCUT2D eigenvalue weighted by atomic mass is 9.51. The van der Waals surface area contributed by atoms with Crippen molar-refractivity contribution in [1.82, 2.24) is 5.32 Å². The Morgan fingerprint density at radius 3 is 2.48 bits per heavy atom. The van der Waals surface area contributed by atoms with Gasteiger partial charge in [0.05, 0.1) is 11.2 Å². The summed E-state index contributed by atoms with van der Waals surface area (Å²) in [6.45, 7) is 0. The van der Waals surface area contributed by atoms with Crippen LogP contribution < -0.4 is 5.32 Å². The molecule has 4 saturated carbocycles. The molecule has 4 bridgehead atoms. The highest BCUT2D eigenvalue weighted by Crippen LogP contribution is 2.57. The molecule has 2 unspecified atom stereocenters. The van der Waals surface area contributed by atoms with Gasteiger partial charge in [-0.1, -0.05) is 12.1 Å². The van der Waals surface area contributed by atoms with E-state index in [-0.39, 0.29) is 11.4 Å². The lowest BCUT2D eigenvalue weighted by Crippen LogP contribution is -2.65. The molecule has 1 amide bonds. The maximum absolute atomic E-state index is 12.7. The quantitative estimate of drug-likeness (QED) is 0.754. The molecule has 5 rings (SSSR count). The first-order chi connectivity index (χ1) is 9.97. The van der Waals surface area contributed by atoms with Crippen molar-refractivity contribution in [3.63, 3.8) is 0 Å². The summed E-state index contributed by atoms with van der Waals surface area (Å²) in [6, 6.07) is 7.70. The average Bonchev–Trinajstić information content (AvgIpc) is 2.35. The Bertz CT molecular complexity index is 586. The first kappa shape index (κ1) is 14.0. The lowest BCUT2D eigenvalue weighted by Gasteiger charge is -2.60. The Kier molecular flexibility index (Phi) is 3.12. The Balaban J connectivity index is 1.60. The zero-order chi connectivity index (χ0) is 14.7. The van der Waals surface area contributed by atoms with Crippen molar-refractivity contribution in [2.75, 3.05) is 0 Å². The maximum Gasteiger partial charge on any atom is 0.252 e. The van der Waals surface area contributed by atoms with Crippen molar-refractivity contribution >= 4 is 28.5 Å². The molecule has 0 radical (unpaired) electrons. The highest BCUT2D eigenvalue weighted by molar-refractivity contribution is 14.1. The van der Waals surface area contributed by atoms with Crippen molar-refractivity contribution in [2.24, 2.45) is 11.8 Å². The van der Waals surface area contributed by atoms with Gasteiger partial charge in [-0.15, -0.1) is 0 Å². The summed E-state index contributed by atoms with van der Waals surface area (Å²) in [7, 11) is 0. The molecule has 0 heterocycles. The summed E-state index contributed by atoms with van der Waals surface area (Å²) in [5.41, 5.74) is 0.0524. The largest absolute Gasteiger partial charge is 0.390 e. The van der Waals surface area contributed by atoms with Crippen LogP contribution in [0.3, 0.4) is 0 Å². The second-order valence-corrected chi connectivity index (χ2v) is 8.56. The smallest absolute Gasteiger partial charge is 0.252 e. The summed E-state index contributed by atoms with van der Waals surface area (Å²) in [4.78, 5) is 12.7. The monoisotopic (exact) mass is 397 g/mol. The lowest BCUT2D eigenvalue weighted by molar-refractivity contribution is -0.139. The zero-order valence-electron chi connectivity index (χ0n) is 11.9. The van der Waals surface area contributed by atoms with Gasteiger partial charge >= 0.3 is 0 Å². The number of benzene rings is 1. The Hall–Kier alpha value is -0.620. The van der Waals surface area contributed by atoms with E-state index in [4.69, 9.17) is 0 Å². The van der Waals surface area contributed by atoms with Gasteiger partial charge in [-0.05, 0) is 85.1 Å². The van der Waals surface area contributed by atoms with Crippen molar-refractivity contribution in [3.8, 4) is 0 Å². The number of carbonyl (C=O) groups excluding carboxylic acids is 1. The third-order valence-corrected chi connectivity index (χ3v) is 6.47. The third kappa shape index (κ3) is 2.40. The number of amides is 1. The van der Waals surface area contributed by atoms with Crippen LogP contribution in [-0.2, 0) is 0 Å². The van der Waals surface area contributed by atoms with Crippen molar-refractivity contribution in [3.05, 3.63) is 33.4 Å². The molecule has 1 aromatic rings. The minimum Gasteiger partial charge on any atom is -0.390 e. The van der Waals surface area contributed by atoms with E-state index in [0.717, 1.165) is 41.2 Å². The second-order valence-electron chi connectivity index (χ2n) is 7.40. The van der Waals surface area contributed by atoms with Crippen LogP contribution in [0.5, 0.6) is 0 Å². The number of aliphatic hydroxyl groups is 1.